The fourth-order valence-electron chi connectivity index (χ4n) is 2.23. The van der Waals surface area contributed by atoms with Gasteiger partial charge < -0.3 is 4.42 Å². The molecule has 0 radical (unpaired) electrons. The molecule has 5 heteroatoms. The van der Waals surface area contributed by atoms with Crippen LogP contribution in [0.15, 0.2) is 45.7 Å². The van der Waals surface area contributed by atoms with Gasteiger partial charge in [-0.2, -0.15) is 0 Å². The standard InChI is InChI=1S/C17H15NO2S2/c1-3-12-5-7-13(8-6-12)18-16(19)15(22-17(18)21)10-14-9-4-11(2)20-14/h4-10H,3H2,1-2H3. The Balaban J connectivity index is 1.89. The van der Waals surface area contributed by atoms with Crippen molar-refractivity contribution in [1.29, 1.82) is 0 Å². The van der Waals surface area contributed by atoms with E-state index in [0.717, 1.165) is 17.9 Å². The number of thioether (sulfide) groups is 1. The lowest BCUT2D eigenvalue weighted by atomic mass is 10.1. The highest BCUT2D eigenvalue weighted by molar-refractivity contribution is 8.27. The second-order valence-electron chi connectivity index (χ2n) is 4.99. The Hall–Kier alpha value is -1.85. The monoisotopic (exact) mass is 329 g/mol. The Labute approximate surface area is 139 Å². The topological polar surface area (TPSA) is 33.5 Å². The molecule has 1 fully saturated rings. The van der Waals surface area contributed by atoms with Gasteiger partial charge in [-0.25, -0.2) is 0 Å². The lowest BCUT2D eigenvalue weighted by Gasteiger charge is -2.14. The molecule has 0 N–H and O–H groups in total. The van der Waals surface area contributed by atoms with Crippen molar-refractivity contribution in [2.24, 2.45) is 0 Å². The van der Waals surface area contributed by atoms with Crippen LogP contribution in [0.25, 0.3) is 6.08 Å². The zero-order valence-electron chi connectivity index (χ0n) is 12.3. The number of aryl methyl sites for hydroxylation is 2. The van der Waals surface area contributed by atoms with Gasteiger partial charge in [-0.3, -0.25) is 9.69 Å². The Morgan fingerprint density at radius 2 is 1.95 bits per heavy atom. The largest absolute Gasteiger partial charge is 0.462 e. The molecule has 1 aliphatic heterocycles. The molecule has 2 heterocycles. The van der Waals surface area contributed by atoms with Crippen LogP contribution in [0.2, 0.25) is 0 Å². The second kappa shape index (κ2) is 6.10. The van der Waals surface area contributed by atoms with Gasteiger partial charge in [-0.05, 0) is 43.2 Å². The van der Waals surface area contributed by atoms with Gasteiger partial charge >= 0.3 is 0 Å². The van der Waals surface area contributed by atoms with Crippen molar-refractivity contribution >= 4 is 46.0 Å². The van der Waals surface area contributed by atoms with Crippen molar-refractivity contribution in [2.45, 2.75) is 20.3 Å². The zero-order chi connectivity index (χ0) is 15.7. The van der Waals surface area contributed by atoms with E-state index in [2.05, 4.69) is 6.92 Å². The zero-order valence-corrected chi connectivity index (χ0v) is 14.0. The molecule has 0 bridgehead atoms. The number of furan rings is 1. The third kappa shape index (κ3) is 2.87. The Bertz CT molecular complexity index is 759. The van der Waals surface area contributed by atoms with E-state index in [1.165, 1.54) is 17.3 Å². The summed E-state index contributed by atoms with van der Waals surface area (Å²) in [5, 5.41) is 0. The summed E-state index contributed by atoms with van der Waals surface area (Å²) in [5.74, 6) is 1.38. The number of thiocarbonyl (C=S) groups is 1. The van der Waals surface area contributed by atoms with Crippen molar-refractivity contribution in [1.82, 2.24) is 0 Å². The van der Waals surface area contributed by atoms with Crippen LogP contribution in [0.5, 0.6) is 0 Å². The molecule has 112 valence electrons. The highest BCUT2D eigenvalue weighted by Crippen LogP contribution is 2.36. The lowest BCUT2D eigenvalue weighted by Crippen LogP contribution is -2.27. The number of carbonyl (C=O) groups is 1. The molecule has 22 heavy (non-hydrogen) atoms. The molecular formula is C17H15NO2S2. The quantitative estimate of drug-likeness (QED) is 0.611. The molecule has 1 aromatic heterocycles. The van der Waals surface area contributed by atoms with Gasteiger partial charge in [0, 0.05) is 6.08 Å². The van der Waals surface area contributed by atoms with Crippen LogP contribution in [0.4, 0.5) is 5.69 Å². The van der Waals surface area contributed by atoms with Crippen molar-refractivity contribution in [3.8, 4) is 0 Å². The third-order valence-corrected chi connectivity index (χ3v) is 4.73. The molecule has 0 saturated carbocycles. The molecular weight excluding hydrogens is 314 g/mol. The number of amides is 1. The SMILES string of the molecule is CCc1ccc(N2C(=O)C(=Cc3ccc(C)o3)SC2=S)cc1. The van der Waals surface area contributed by atoms with Gasteiger partial charge in [0.15, 0.2) is 4.32 Å². The minimum atomic E-state index is -0.103. The third-order valence-electron chi connectivity index (χ3n) is 3.43. The van der Waals surface area contributed by atoms with Crippen LogP contribution in [-0.4, -0.2) is 10.2 Å². The highest BCUT2D eigenvalue weighted by atomic mass is 32.2. The molecule has 1 amide bonds. The Morgan fingerprint density at radius 3 is 2.55 bits per heavy atom. The number of anilines is 1. The fourth-order valence-corrected chi connectivity index (χ4v) is 3.51. The molecule has 3 nitrogen and oxygen atoms in total. The lowest BCUT2D eigenvalue weighted by molar-refractivity contribution is -0.113. The Morgan fingerprint density at radius 1 is 1.23 bits per heavy atom. The van der Waals surface area contributed by atoms with Crippen LogP contribution in [0.3, 0.4) is 0 Å². The first kappa shape index (κ1) is 15.1. The Kier molecular flexibility index (Phi) is 4.18. The average molecular weight is 329 g/mol. The van der Waals surface area contributed by atoms with E-state index < -0.39 is 0 Å². The van der Waals surface area contributed by atoms with Crippen LogP contribution in [-0.2, 0) is 11.2 Å². The van der Waals surface area contributed by atoms with E-state index >= 15 is 0 Å². The van der Waals surface area contributed by atoms with E-state index in [9.17, 15) is 4.79 Å². The first-order valence-electron chi connectivity index (χ1n) is 7.02. The smallest absolute Gasteiger partial charge is 0.270 e. The average Bonchev–Trinajstić information content (AvgIpc) is 3.03. The van der Waals surface area contributed by atoms with Gasteiger partial charge in [0.1, 0.15) is 11.5 Å². The molecule has 2 aromatic rings. The fraction of sp³-hybridized carbons (Fsp3) is 0.176. The van der Waals surface area contributed by atoms with Gasteiger partial charge in [-0.1, -0.05) is 43.0 Å². The minimum absolute atomic E-state index is 0.103. The summed E-state index contributed by atoms with van der Waals surface area (Å²) < 4.78 is 6.04. The van der Waals surface area contributed by atoms with E-state index in [-0.39, 0.29) is 5.91 Å². The van der Waals surface area contributed by atoms with Crippen molar-refractivity contribution in [2.75, 3.05) is 4.90 Å². The molecule has 1 aromatic carbocycles. The maximum Gasteiger partial charge on any atom is 0.270 e. The van der Waals surface area contributed by atoms with E-state index in [0.29, 0.717) is 15.0 Å². The number of hydrogen-bond acceptors (Lipinski definition) is 4. The molecule has 1 saturated heterocycles. The summed E-state index contributed by atoms with van der Waals surface area (Å²) >= 11 is 6.66. The molecule has 0 atom stereocenters. The van der Waals surface area contributed by atoms with Crippen molar-refractivity contribution in [3.63, 3.8) is 0 Å². The van der Waals surface area contributed by atoms with Crippen LogP contribution < -0.4 is 4.90 Å². The second-order valence-corrected chi connectivity index (χ2v) is 6.66. The predicted molar refractivity (Wildman–Crippen MR) is 94.9 cm³/mol. The summed E-state index contributed by atoms with van der Waals surface area (Å²) in [6.45, 7) is 3.97. The van der Waals surface area contributed by atoms with Crippen LogP contribution in [0.1, 0.15) is 24.0 Å². The van der Waals surface area contributed by atoms with Gasteiger partial charge in [-0.15, -0.1) is 0 Å². The van der Waals surface area contributed by atoms with Crippen LogP contribution >= 0.6 is 24.0 Å². The number of rotatable bonds is 3. The van der Waals surface area contributed by atoms with Crippen molar-refractivity contribution in [3.05, 3.63) is 58.4 Å². The summed E-state index contributed by atoms with van der Waals surface area (Å²) in [7, 11) is 0. The first-order valence-corrected chi connectivity index (χ1v) is 8.24. The summed E-state index contributed by atoms with van der Waals surface area (Å²) in [4.78, 5) is 14.7. The summed E-state index contributed by atoms with van der Waals surface area (Å²) in [5.41, 5.74) is 2.04. The molecule has 0 spiro atoms. The summed E-state index contributed by atoms with van der Waals surface area (Å²) in [6, 6.07) is 11.6. The molecule has 1 aliphatic rings. The van der Waals surface area contributed by atoms with Gasteiger partial charge in [0.2, 0.25) is 0 Å². The van der Waals surface area contributed by atoms with Gasteiger partial charge in [0.05, 0.1) is 10.6 Å². The van der Waals surface area contributed by atoms with Crippen LogP contribution in [0, 0.1) is 6.92 Å². The predicted octanol–water partition coefficient (Wildman–Crippen LogP) is 4.56. The van der Waals surface area contributed by atoms with Gasteiger partial charge in [0.25, 0.3) is 5.91 Å². The van der Waals surface area contributed by atoms with E-state index in [1.54, 1.807) is 11.0 Å². The number of hydrogen-bond donors (Lipinski definition) is 0. The number of carbonyl (C=O) groups excluding carboxylic acids is 1. The first-order chi connectivity index (χ1) is 10.6. The molecule has 0 aliphatic carbocycles. The minimum Gasteiger partial charge on any atom is -0.462 e. The van der Waals surface area contributed by atoms with Crippen molar-refractivity contribution < 1.29 is 9.21 Å². The van der Waals surface area contributed by atoms with E-state index in [4.69, 9.17) is 16.6 Å². The maximum atomic E-state index is 12.6. The maximum absolute atomic E-state index is 12.6. The molecule has 0 unspecified atom stereocenters. The highest BCUT2D eigenvalue weighted by Gasteiger charge is 2.33. The number of nitrogens with zero attached hydrogens (tertiary/aromatic N) is 1. The number of benzene rings is 1. The molecule has 3 rings (SSSR count). The summed E-state index contributed by atoms with van der Waals surface area (Å²) in [6.07, 6.45) is 2.71. The van der Waals surface area contributed by atoms with E-state index in [1.807, 2.05) is 43.3 Å². The normalized spacial score (nSPS) is 16.8.